The summed E-state index contributed by atoms with van der Waals surface area (Å²) in [5.41, 5.74) is 0. The summed E-state index contributed by atoms with van der Waals surface area (Å²) in [6.07, 6.45) is -0.465. The van der Waals surface area contributed by atoms with Crippen molar-refractivity contribution in [1.82, 2.24) is 4.90 Å². The fraction of sp³-hybridized carbons (Fsp3) is 0.500. The molecule has 1 N–H and O–H groups in total. The van der Waals surface area contributed by atoms with Crippen LogP contribution in [0.5, 0.6) is 0 Å². The minimum absolute atomic E-state index is 0.520. The van der Waals surface area contributed by atoms with Crippen molar-refractivity contribution in [3.8, 4) is 0 Å². The molecule has 0 aromatic carbocycles. The lowest BCUT2D eigenvalue weighted by atomic mass is 10.4. The van der Waals surface area contributed by atoms with Crippen molar-refractivity contribution in [3.05, 3.63) is 12.7 Å². The normalized spacial score (nSPS) is 13.8. The van der Waals surface area contributed by atoms with Crippen LogP contribution >= 0.6 is 34.8 Å². The maximum Gasteiger partial charge on any atom is 0.247 e. The number of rotatable bonds is 2. The summed E-state index contributed by atoms with van der Waals surface area (Å²) >= 11 is 16.0. The van der Waals surface area contributed by atoms with Crippen LogP contribution in [0, 0.1) is 0 Å². The molecule has 3 nitrogen and oxygen atoms in total. The van der Waals surface area contributed by atoms with Gasteiger partial charge in [-0.15, -0.1) is 0 Å². The van der Waals surface area contributed by atoms with E-state index in [4.69, 9.17) is 34.8 Å². The molecule has 1 atom stereocenters. The summed E-state index contributed by atoms with van der Waals surface area (Å²) in [6.45, 7) is 3.21. The molecule has 1 unspecified atom stereocenters. The molecule has 12 heavy (non-hydrogen) atoms. The maximum atomic E-state index is 10.9. The van der Waals surface area contributed by atoms with Gasteiger partial charge in [-0.25, -0.2) is 0 Å². The van der Waals surface area contributed by atoms with Crippen LogP contribution in [0.2, 0.25) is 0 Å². The van der Waals surface area contributed by atoms with Crippen LogP contribution in [-0.4, -0.2) is 33.0 Å². The molecular weight excluding hydrogens is 224 g/mol. The highest BCUT2D eigenvalue weighted by molar-refractivity contribution is 6.68. The second kappa shape index (κ2) is 4.33. The van der Waals surface area contributed by atoms with E-state index in [0.717, 1.165) is 11.0 Å². The monoisotopic (exact) mass is 231 g/mol. The highest BCUT2D eigenvalue weighted by atomic mass is 35.6. The Morgan fingerprint density at radius 1 is 1.67 bits per heavy atom. The van der Waals surface area contributed by atoms with E-state index in [1.165, 1.54) is 7.05 Å². The van der Waals surface area contributed by atoms with Crippen molar-refractivity contribution in [2.75, 3.05) is 7.05 Å². The first-order valence-electron chi connectivity index (χ1n) is 2.94. The second-order valence-electron chi connectivity index (χ2n) is 2.07. The highest BCUT2D eigenvalue weighted by Crippen LogP contribution is 2.31. The van der Waals surface area contributed by atoms with E-state index < -0.39 is 15.9 Å². The standard InChI is InChI=1S/C6H8Cl3NO2/c1-3-4(11)10(2)5(12)6(7,8)9/h3,5,12H,1H2,2H3. The van der Waals surface area contributed by atoms with Gasteiger partial charge in [0.05, 0.1) is 0 Å². The summed E-state index contributed by atoms with van der Waals surface area (Å²) in [4.78, 5) is 11.7. The maximum absolute atomic E-state index is 10.9. The lowest BCUT2D eigenvalue weighted by molar-refractivity contribution is -0.133. The Morgan fingerprint density at radius 3 is 2.33 bits per heavy atom. The van der Waals surface area contributed by atoms with Gasteiger partial charge in [0.15, 0.2) is 6.23 Å². The van der Waals surface area contributed by atoms with E-state index in [2.05, 4.69) is 6.58 Å². The Bertz CT molecular complexity index is 190. The van der Waals surface area contributed by atoms with Gasteiger partial charge in [-0.05, 0) is 6.08 Å². The van der Waals surface area contributed by atoms with Gasteiger partial charge < -0.3 is 10.0 Å². The van der Waals surface area contributed by atoms with Crippen molar-refractivity contribution in [3.63, 3.8) is 0 Å². The topological polar surface area (TPSA) is 40.5 Å². The fourth-order valence-corrected chi connectivity index (χ4v) is 0.923. The fourth-order valence-electron chi connectivity index (χ4n) is 0.484. The largest absolute Gasteiger partial charge is 0.369 e. The van der Waals surface area contributed by atoms with Crippen molar-refractivity contribution >= 4 is 40.7 Å². The number of aliphatic hydroxyl groups is 1. The van der Waals surface area contributed by atoms with Crippen molar-refractivity contribution < 1.29 is 9.90 Å². The van der Waals surface area contributed by atoms with Crippen LogP contribution in [0.15, 0.2) is 12.7 Å². The van der Waals surface area contributed by atoms with Crippen LogP contribution in [0.25, 0.3) is 0 Å². The minimum Gasteiger partial charge on any atom is -0.369 e. The number of hydrogen-bond donors (Lipinski definition) is 1. The third kappa shape index (κ3) is 3.19. The summed E-state index contributed by atoms with van der Waals surface area (Å²) in [7, 11) is 1.30. The predicted molar refractivity (Wildman–Crippen MR) is 49.3 cm³/mol. The van der Waals surface area contributed by atoms with Crippen LogP contribution in [0.1, 0.15) is 0 Å². The molecule has 0 aliphatic rings. The van der Waals surface area contributed by atoms with Crippen LogP contribution in [-0.2, 0) is 4.79 Å². The summed E-state index contributed by atoms with van der Waals surface area (Å²) < 4.78 is -1.91. The molecule has 0 saturated heterocycles. The minimum atomic E-state index is -1.91. The van der Waals surface area contributed by atoms with Crippen molar-refractivity contribution in [1.29, 1.82) is 0 Å². The Kier molecular flexibility index (Phi) is 4.34. The van der Waals surface area contributed by atoms with E-state index >= 15 is 0 Å². The number of amides is 1. The second-order valence-corrected chi connectivity index (χ2v) is 4.44. The van der Waals surface area contributed by atoms with E-state index in [9.17, 15) is 9.90 Å². The van der Waals surface area contributed by atoms with Gasteiger partial charge in [-0.1, -0.05) is 41.4 Å². The van der Waals surface area contributed by atoms with Crippen molar-refractivity contribution in [2.24, 2.45) is 0 Å². The van der Waals surface area contributed by atoms with Crippen LogP contribution in [0.4, 0.5) is 0 Å². The zero-order valence-corrected chi connectivity index (χ0v) is 8.57. The SMILES string of the molecule is C=CC(=O)N(C)C(O)C(Cl)(Cl)Cl. The van der Waals surface area contributed by atoms with Crippen molar-refractivity contribution in [2.45, 2.75) is 10.0 Å². The molecule has 0 bridgehead atoms. The van der Waals surface area contributed by atoms with Gasteiger partial charge in [0.25, 0.3) is 0 Å². The molecule has 6 heteroatoms. The number of hydrogen-bond acceptors (Lipinski definition) is 2. The molecule has 1 amide bonds. The number of likely N-dealkylation sites (N-methyl/N-ethyl adjacent to an activating group) is 1. The lowest BCUT2D eigenvalue weighted by Gasteiger charge is -2.27. The number of halogens is 3. The highest BCUT2D eigenvalue weighted by Gasteiger charge is 2.35. The molecular formula is C6H8Cl3NO2. The summed E-state index contributed by atoms with van der Waals surface area (Å²) in [6, 6.07) is 0. The molecule has 0 rings (SSSR count). The number of carbonyl (C=O) groups excluding carboxylic acids is 1. The van der Waals surface area contributed by atoms with E-state index in [1.54, 1.807) is 0 Å². The van der Waals surface area contributed by atoms with Gasteiger partial charge in [0, 0.05) is 7.05 Å². The first kappa shape index (κ1) is 12.0. The molecule has 0 radical (unpaired) electrons. The number of carbonyl (C=O) groups is 1. The number of nitrogens with zero attached hydrogens (tertiary/aromatic N) is 1. The molecule has 0 aromatic heterocycles. The molecule has 0 heterocycles. The molecule has 0 fully saturated rings. The molecule has 0 saturated carbocycles. The van der Waals surface area contributed by atoms with Crippen LogP contribution in [0.3, 0.4) is 0 Å². The molecule has 0 aliphatic heterocycles. The molecule has 0 spiro atoms. The van der Waals surface area contributed by atoms with Gasteiger partial charge in [0.1, 0.15) is 0 Å². The molecule has 0 aromatic rings. The van der Waals surface area contributed by atoms with E-state index in [-0.39, 0.29) is 0 Å². The number of aliphatic hydroxyl groups excluding tert-OH is 1. The zero-order chi connectivity index (χ0) is 9.94. The van der Waals surface area contributed by atoms with Gasteiger partial charge >= 0.3 is 0 Å². The Labute approximate surface area is 85.5 Å². The quantitative estimate of drug-likeness (QED) is 0.443. The lowest BCUT2D eigenvalue weighted by Crippen LogP contribution is -2.44. The van der Waals surface area contributed by atoms with E-state index in [0.29, 0.717) is 0 Å². The molecule has 70 valence electrons. The third-order valence-electron chi connectivity index (χ3n) is 1.18. The number of alkyl halides is 3. The Balaban J connectivity index is 4.39. The Hall–Kier alpha value is 0.0400. The van der Waals surface area contributed by atoms with Gasteiger partial charge in [-0.2, -0.15) is 0 Å². The average molecular weight is 232 g/mol. The van der Waals surface area contributed by atoms with E-state index in [1.807, 2.05) is 0 Å². The summed E-state index contributed by atoms with van der Waals surface area (Å²) in [5, 5.41) is 9.22. The third-order valence-corrected chi connectivity index (χ3v) is 1.77. The van der Waals surface area contributed by atoms with Crippen LogP contribution < -0.4 is 0 Å². The zero-order valence-electron chi connectivity index (χ0n) is 6.30. The Morgan fingerprint density at radius 2 is 2.08 bits per heavy atom. The average Bonchev–Trinajstić information content (AvgIpc) is 1.98. The predicted octanol–water partition coefficient (Wildman–Crippen LogP) is 1.32. The first-order chi connectivity index (χ1) is 5.30. The smallest absolute Gasteiger partial charge is 0.247 e. The van der Waals surface area contributed by atoms with Gasteiger partial charge in [-0.3, -0.25) is 4.79 Å². The summed E-state index contributed by atoms with van der Waals surface area (Å²) in [5.74, 6) is -0.520. The first-order valence-corrected chi connectivity index (χ1v) is 4.08. The van der Waals surface area contributed by atoms with Gasteiger partial charge in [0.2, 0.25) is 9.70 Å². The molecule has 0 aliphatic carbocycles.